The Labute approximate surface area is 134 Å². The molecule has 0 fully saturated rings. The van der Waals surface area contributed by atoms with Crippen LogP contribution in [0.3, 0.4) is 0 Å². The lowest BCUT2D eigenvalue weighted by molar-refractivity contribution is -0.195. The number of rotatable bonds is 3. The second-order valence-corrected chi connectivity index (χ2v) is 5.63. The van der Waals surface area contributed by atoms with Crippen LogP contribution < -0.4 is 19.1 Å². The lowest BCUT2D eigenvalue weighted by atomic mass is 9.83. The van der Waals surface area contributed by atoms with Gasteiger partial charge in [-0.05, 0) is 42.2 Å². The van der Waals surface area contributed by atoms with Gasteiger partial charge in [-0.3, -0.25) is 0 Å². The molecule has 1 aliphatic heterocycles. The van der Waals surface area contributed by atoms with E-state index in [1.165, 1.54) is 5.56 Å². The van der Waals surface area contributed by atoms with E-state index in [0.29, 0.717) is 12.4 Å². The van der Waals surface area contributed by atoms with Crippen LogP contribution in [0.1, 0.15) is 16.7 Å². The van der Waals surface area contributed by atoms with Crippen molar-refractivity contribution in [1.82, 2.24) is 0 Å². The molecule has 1 heterocycles. The highest BCUT2D eigenvalue weighted by Gasteiger charge is 2.30. The average Bonchev–Trinajstić information content (AvgIpc) is 3.07. The molecule has 2 aromatic rings. The summed E-state index contributed by atoms with van der Waals surface area (Å²) in [5, 5.41) is 0. The van der Waals surface area contributed by atoms with E-state index >= 15 is 0 Å². The first kappa shape index (κ1) is 14.2. The third-order valence-electron chi connectivity index (χ3n) is 4.52. The van der Waals surface area contributed by atoms with Crippen molar-refractivity contribution in [3.63, 3.8) is 0 Å². The van der Waals surface area contributed by atoms with Crippen LogP contribution in [0.15, 0.2) is 18.2 Å². The fourth-order valence-corrected chi connectivity index (χ4v) is 3.43. The zero-order chi connectivity index (χ0) is 16.0. The van der Waals surface area contributed by atoms with Crippen LogP contribution in [0.25, 0.3) is 11.1 Å². The number of ether oxygens (including phenoxy) is 3. The molecule has 0 saturated carbocycles. The zero-order valence-corrected chi connectivity index (χ0v) is 13.4. The van der Waals surface area contributed by atoms with Gasteiger partial charge in [-0.15, -0.1) is 0 Å². The Morgan fingerprint density at radius 2 is 1.52 bits per heavy atom. The lowest BCUT2D eigenvalue weighted by Gasteiger charge is -2.24. The fraction of sp³-hybridized carbons (Fsp3) is 0.333. The predicted octanol–water partition coefficient (Wildman–Crippen LogP) is 3.30. The predicted molar refractivity (Wildman–Crippen MR) is 84.4 cm³/mol. The highest BCUT2D eigenvalue weighted by Crippen LogP contribution is 2.49. The molecular formula is C18H18O5. The van der Waals surface area contributed by atoms with Gasteiger partial charge in [-0.2, -0.15) is 4.89 Å². The van der Waals surface area contributed by atoms with Crippen LogP contribution in [-0.4, -0.2) is 21.3 Å². The molecule has 120 valence electrons. The van der Waals surface area contributed by atoms with E-state index in [4.69, 9.17) is 24.0 Å². The van der Waals surface area contributed by atoms with Crippen molar-refractivity contribution in [3.8, 4) is 34.1 Å². The molecule has 0 radical (unpaired) electrons. The van der Waals surface area contributed by atoms with Gasteiger partial charge in [-0.1, -0.05) is 0 Å². The molecular weight excluding hydrogens is 296 g/mol. The summed E-state index contributed by atoms with van der Waals surface area (Å²) < 4.78 is 16.5. The number of fused-ring (bicyclic) bond motifs is 5. The molecule has 2 aromatic carbocycles. The van der Waals surface area contributed by atoms with Crippen molar-refractivity contribution in [1.29, 1.82) is 0 Å². The van der Waals surface area contributed by atoms with Gasteiger partial charge >= 0.3 is 0 Å². The summed E-state index contributed by atoms with van der Waals surface area (Å²) in [5.41, 5.74) is 5.53. The number of methoxy groups -OCH3 is 3. The largest absolute Gasteiger partial charge is 0.496 e. The summed E-state index contributed by atoms with van der Waals surface area (Å²) in [5.74, 6) is 3.12. The first-order valence-electron chi connectivity index (χ1n) is 7.54. The maximum Gasteiger partial charge on any atom is 0.175 e. The standard InChI is InChI=1S/C18H18O5/c1-19-14-6-10-4-5-12-17(13(10)8-15(14)20-2)16(21-3)7-11-9-22-23-18(11)12/h6-8H,4-5,9H2,1-3H3. The molecule has 4 rings (SSSR count). The van der Waals surface area contributed by atoms with E-state index in [9.17, 15) is 0 Å². The molecule has 0 atom stereocenters. The van der Waals surface area contributed by atoms with Gasteiger partial charge < -0.3 is 19.1 Å². The van der Waals surface area contributed by atoms with Crippen LogP contribution in [-0.2, 0) is 24.3 Å². The third kappa shape index (κ3) is 2.04. The highest BCUT2D eigenvalue weighted by molar-refractivity contribution is 5.83. The number of benzene rings is 2. The first-order valence-corrected chi connectivity index (χ1v) is 7.54. The molecule has 0 aromatic heterocycles. The summed E-state index contributed by atoms with van der Waals surface area (Å²) in [6.07, 6.45) is 1.78. The SMILES string of the molecule is COc1cc2c(cc1OC)-c1c(OC)cc3c(c1CC2)OOC3. The Bertz CT molecular complexity index is 782. The average molecular weight is 314 g/mol. The maximum atomic E-state index is 5.64. The molecule has 23 heavy (non-hydrogen) atoms. The van der Waals surface area contributed by atoms with Gasteiger partial charge in [0.1, 0.15) is 12.4 Å². The maximum absolute atomic E-state index is 5.64. The van der Waals surface area contributed by atoms with E-state index in [2.05, 4.69) is 0 Å². The quantitative estimate of drug-likeness (QED) is 0.814. The molecule has 0 saturated heterocycles. The Balaban J connectivity index is 1.99. The summed E-state index contributed by atoms with van der Waals surface area (Å²) in [7, 11) is 4.98. The minimum atomic E-state index is 0.456. The summed E-state index contributed by atoms with van der Waals surface area (Å²) in [6, 6.07) is 6.05. The first-order chi connectivity index (χ1) is 11.3. The van der Waals surface area contributed by atoms with Gasteiger partial charge in [0.2, 0.25) is 0 Å². The fourth-order valence-electron chi connectivity index (χ4n) is 3.43. The van der Waals surface area contributed by atoms with Gasteiger partial charge in [0.05, 0.1) is 21.3 Å². The smallest absolute Gasteiger partial charge is 0.175 e. The molecule has 5 heteroatoms. The van der Waals surface area contributed by atoms with Gasteiger partial charge in [0.25, 0.3) is 0 Å². The number of hydrogen-bond donors (Lipinski definition) is 0. The monoisotopic (exact) mass is 314 g/mol. The highest BCUT2D eigenvalue weighted by atomic mass is 17.2. The summed E-state index contributed by atoms with van der Waals surface area (Å²) in [4.78, 5) is 10.6. The zero-order valence-electron chi connectivity index (χ0n) is 13.4. The van der Waals surface area contributed by atoms with E-state index in [0.717, 1.165) is 52.3 Å². The number of hydrogen-bond acceptors (Lipinski definition) is 5. The van der Waals surface area contributed by atoms with Crippen molar-refractivity contribution in [2.24, 2.45) is 0 Å². The van der Waals surface area contributed by atoms with E-state index in [-0.39, 0.29) is 0 Å². The van der Waals surface area contributed by atoms with Crippen molar-refractivity contribution >= 4 is 0 Å². The summed E-state index contributed by atoms with van der Waals surface area (Å²) in [6.45, 7) is 0.456. The molecule has 0 amide bonds. The second kappa shape index (κ2) is 5.35. The van der Waals surface area contributed by atoms with Crippen LogP contribution in [0.4, 0.5) is 0 Å². The minimum Gasteiger partial charge on any atom is -0.496 e. The van der Waals surface area contributed by atoms with Crippen molar-refractivity contribution in [2.45, 2.75) is 19.4 Å². The topological polar surface area (TPSA) is 46.2 Å². The Hall–Kier alpha value is -2.40. The van der Waals surface area contributed by atoms with Crippen molar-refractivity contribution in [3.05, 3.63) is 34.9 Å². The molecule has 0 spiro atoms. The van der Waals surface area contributed by atoms with Crippen LogP contribution in [0.2, 0.25) is 0 Å². The number of aryl methyl sites for hydroxylation is 1. The molecule has 1 aliphatic carbocycles. The van der Waals surface area contributed by atoms with Crippen LogP contribution in [0, 0.1) is 0 Å². The molecule has 0 unspecified atom stereocenters. The van der Waals surface area contributed by atoms with Crippen LogP contribution >= 0.6 is 0 Å². The minimum absolute atomic E-state index is 0.456. The van der Waals surface area contributed by atoms with Gasteiger partial charge in [0, 0.05) is 16.7 Å². The Kier molecular flexibility index (Phi) is 3.31. The second-order valence-electron chi connectivity index (χ2n) is 5.63. The summed E-state index contributed by atoms with van der Waals surface area (Å²) >= 11 is 0. The normalized spacial score (nSPS) is 14.4. The van der Waals surface area contributed by atoms with Crippen LogP contribution in [0.5, 0.6) is 23.0 Å². The Morgan fingerprint density at radius 1 is 0.826 bits per heavy atom. The molecule has 0 bridgehead atoms. The molecule has 5 nitrogen and oxygen atoms in total. The van der Waals surface area contributed by atoms with Gasteiger partial charge in [0.15, 0.2) is 17.2 Å². The van der Waals surface area contributed by atoms with Gasteiger partial charge in [-0.25, -0.2) is 0 Å². The van der Waals surface area contributed by atoms with Crippen molar-refractivity contribution < 1.29 is 24.0 Å². The van der Waals surface area contributed by atoms with E-state index < -0.39 is 0 Å². The van der Waals surface area contributed by atoms with E-state index in [1.807, 2.05) is 18.2 Å². The molecule has 2 aliphatic rings. The molecule has 0 N–H and O–H groups in total. The van der Waals surface area contributed by atoms with Crippen molar-refractivity contribution in [2.75, 3.05) is 21.3 Å². The third-order valence-corrected chi connectivity index (χ3v) is 4.52. The van der Waals surface area contributed by atoms with E-state index in [1.54, 1.807) is 21.3 Å². The Morgan fingerprint density at radius 3 is 2.26 bits per heavy atom. The lowest BCUT2D eigenvalue weighted by Crippen LogP contribution is -2.08.